The molecule has 0 spiro atoms. The minimum Gasteiger partial charge on any atom is -0.354 e. The van der Waals surface area contributed by atoms with Crippen molar-refractivity contribution in [2.45, 2.75) is 13.0 Å². The fourth-order valence-corrected chi connectivity index (χ4v) is 2.32. The van der Waals surface area contributed by atoms with Gasteiger partial charge in [0.1, 0.15) is 17.2 Å². The average Bonchev–Trinajstić information content (AvgIpc) is 2.86. The summed E-state index contributed by atoms with van der Waals surface area (Å²) in [7, 11) is 0. The Kier molecular flexibility index (Phi) is 4.52. The van der Waals surface area contributed by atoms with Gasteiger partial charge in [0.2, 0.25) is 5.95 Å². The third kappa shape index (κ3) is 3.11. The lowest BCUT2D eigenvalue weighted by atomic mass is 10.2. The molecule has 0 saturated heterocycles. The lowest BCUT2D eigenvalue weighted by Gasteiger charge is -2.07. The number of halogens is 2. The molecule has 24 heavy (non-hydrogen) atoms. The van der Waals surface area contributed by atoms with E-state index in [1.807, 2.05) is 0 Å². The van der Waals surface area contributed by atoms with Crippen LogP contribution in [-0.4, -0.2) is 32.6 Å². The average molecular weight is 334 g/mol. The number of anilines is 1. The van der Waals surface area contributed by atoms with E-state index in [2.05, 4.69) is 20.3 Å². The second kappa shape index (κ2) is 6.75. The lowest BCUT2D eigenvalue weighted by molar-refractivity contribution is 0.544. The Morgan fingerprint density at radius 3 is 2.75 bits per heavy atom. The number of H-pyrrole nitrogens is 1. The summed E-state index contributed by atoms with van der Waals surface area (Å²) >= 11 is 0. The number of hydrogen-bond acceptors (Lipinski definition) is 5. The number of nitrogens with zero attached hydrogens (tertiary/aromatic N) is 3. The molecule has 0 aliphatic rings. The number of aromatic nitrogens is 4. The zero-order valence-corrected chi connectivity index (χ0v) is 12.7. The molecular weight excluding hydrogens is 318 g/mol. The molecule has 3 rings (SSSR count). The first kappa shape index (κ1) is 16.1. The summed E-state index contributed by atoms with van der Waals surface area (Å²) in [6.45, 7) is 0.839. The first-order valence-electron chi connectivity index (χ1n) is 7.42. The fourth-order valence-electron chi connectivity index (χ4n) is 2.32. The van der Waals surface area contributed by atoms with Gasteiger partial charge in [-0.2, -0.15) is 4.98 Å². The van der Waals surface area contributed by atoms with E-state index >= 15 is 0 Å². The number of aromatic amines is 1. The zero-order chi connectivity index (χ0) is 17.1. The van der Waals surface area contributed by atoms with Crippen molar-refractivity contribution >= 4 is 17.1 Å². The number of nitrogens with one attached hydrogen (secondary N) is 2. The van der Waals surface area contributed by atoms with Crippen molar-refractivity contribution < 1.29 is 8.78 Å². The second-order valence-corrected chi connectivity index (χ2v) is 5.22. The highest BCUT2D eigenvalue weighted by molar-refractivity contribution is 5.71. The summed E-state index contributed by atoms with van der Waals surface area (Å²) in [6.07, 6.45) is 2.19. The molecule has 0 bridgehead atoms. The van der Waals surface area contributed by atoms with Crippen molar-refractivity contribution in [1.29, 1.82) is 0 Å². The van der Waals surface area contributed by atoms with Gasteiger partial charge in [-0.3, -0.25) is 4.57 Å². The first-order chi connectivity index (χ1) is 11.6. The van der Waals surface area contributed by atoms with Crippen molar-refractivity contribution in [2.75, 3.05) is 18.4 Å². The highest BCUT2D eigenvalue weighted by Gasteiger charge is 2.15. The van der Waals surface area contributed by atoms with E-state index in [0.29, 0.717) is 24.6 Å². The van der Waals surface area contributed by atoms with E-state index in [1.165, 1.54) is 16.8 Å². The van der Waals surface area contributed by atoms with Crippen LogP contribution in [0.3, 0.4) is 0 Å². The first-order valence-corrected chi connectivity index (χ1v) is 7.42. The van der Waals surface area contributed by atoms with Gasteiger partial charge in [-0.1, -0.05) is 6.07 Å². The predicted molar refractivity (Wildman–Crippen MR) is 85.8 cm³/mol. The summed E-state index contributed by atoms with van der Waals surface area (Å²) in [5.74, 6) is -1.11. The van der Waals surface area contributed by atoms with E-state index in [1.54, 1.807) is 0 Å². The number of nitrogens with two attached hydrogens (primary N) is 1. The number of imidazole rings is 1. The van der Waals surface area contributed by atoms with Crippen LogP contribution in [0, 0.1) is 11.6 Å². The lowest BCUT2D eigenvalue weighted by Crippen LogP contribution is -2.19. The molecule has 0 saturated carbocycles. The highest BCUT2D eigenvalue weighted by atomic mass is 19.1. The normalized spacial score (nSPS) is 11.1. The zero-order valence-electron chi connectivity index (χ0n) is 12.7. The molecule has 7 nitrogen and oxygen atoms in total. The van der Waals surface area contributed by atoms with Gasteiger partial charge in [-0.15, -0.1) is 0 Å². The summed E-state index contributed by atoms with van der Waals surface area (Å²) in [5, 5.41) is 2.98. The Morgan fingerprint density at radius 2 is 2.04 bits per heavy atom. The monoisotopic (exact) mass is 334 g/mol. The van der Waals surface area contributed by atoms with Crippen LogP contribution in [0.2, 0.25) is 0 Å². The van der Waals surface area contributed by atoms with Crippen molar-refractivity contribution in [3.8, 4) is 0 Å². The summed E-state index contributed by atoms with van der Waals surface area (Å²) in [6, 6.07) is 3.56. The predicted octanol–water partition coefficient (Wildman–Crippen LogP) is 1.21. The molecule has 9 heteroatoms. The maximum atomic E-state index is 13.8. The largest absolute Gasteiger partial charge is 0.354 e. The van der Waals surface area contributed by atoms with Gasteiger partial charge in [-0.05, 0) is 25.1 Å². The van der Waals surface area contributed by atoms with Gasteiger partial charge >= 0.3 is 5.69 Å². The van der Waals surface area contributed by atoms with Crippen LogP contribution < -0.4 is 16.7 Å². The van der Waals surface area contributed by atoms with Crippen molar-refractivity contribution in [1.82, 2.24) is 19.5 Å². The molecule has 3 aromatic rings. The van der Waals surface area contributed by atoms with Gasteiger partial charge in [0, 0.05) is 12.1 Å². The van der Waals surface area contributed by atoms with Crippen LogP contribution in [0.5, 0.6) is 0 Å². The molecule has 0 radical (unpaired) electrons. The molecule has 2 aromatic heterocycles. The Hall–Kier alpha value is -2.81. The second-order valence-electron chi connectivity index (χ2n) is 5.22. The van der Waals surface area contributed by atoms with Crippen molar-refractivity contribution in [3.05, 3.63) is 52.1 Å². The molecule has 1 aromatic carbocycles. The minimum atomic E-state index is -0.716. The van der Waals surface area contributed by atoms with Crippen LogP contribution in [-0.2, 0) is 6.54 Å². The quantitative estimate of drug-likeness (QED) is 0.588. The molecule has 126 valence electrons. The number of fused-ring (bicyclic) bond motifs is 1. The van der Waals surface area contributed by atoms with Gasteiger partial charge in [0.25, 0.3) is 0 Å². The molecule has 0 aliphatic carbocycles. The Morgan fingerprint density at radius 1 is 1.29 bits per heavy atom. The number of benzene rings is 1. The number of hydrogen-bond donors (Lipinski definition) is 3. The molecule has 0 amide bonds. The van der Waals surface area contributed by atoms with E-state index in [-0.39, 0.29) is 17.8 Å². The maximum Gasteiger partial charge on any atom is 0.328 e. The Bertz CT molecular complexity index is 900. The van der Waals surface area contributed by atoms with Gasteiger partial charge in [0.05, 0.1) is 12.7 Å². The van der Waals surface area contributed by atoms with Gasteiger partial charge < -0.3 is 16.0 Å². The minimum absolute atomic E-state index is 0.197. The third-order valence-electron chi connectivity index (χ3n) is 3.55. The number of rotatable bonds is 6. The van der Waals surface area contributed by atoms with E-state index in [9.17, 15) is 13.6 Å². The molecule has 2 heterocycles. The summed E-state index contributed by atoms with van der Waals surface area (Å²) in [4.78, 5) is 23.0. The topological polar surface area (TPSA) is 102 Å². The smallest absolute Gasteiger partial charge is 0.328 e. The highest BCUT2D eigenvalue weighted by Crippen LogP contribution is 2.16. The third-order valence-corrected chi connectivity index (χ3v) is 3.55. The summed E-state index contributed by atoms with van der Waals surface area (Å²) in [5.41, 5.74) is 5.37. The van der Waals surface area contributed by atoms with E-state index in [0.717, 1.165) is 18.6 Å². The van der Waals surface area contributed by atoms with Crippen LogP contribution in [0.15, 0.2) is 29.2 Å². The fraction of sp³-hybridized carbons (Fsp3) is 0.267. The Balaban J connectivity index is 1.99. The van der Waals surface area contributed by atoms with Crippen molar-refractivity contribution in [2.24, 2.45) is 5.73 Å². The standard InChI is InChI=1S/C15H16F2N6O/c16-10-3-1-4-11(17)9(10)8-23-13-12(21-15(23)24)7-20-14(22-13)19-6-2-5-18/h1,3-4,7H,2,5-6,8,18H2,(H,21,24)(H,19,20,22). The SMILES string of the molecule is NCCCNc1ncc2[nH]c(=O)n(Cc3c(F)cccc3F)c2n1. The Labute approximate surface area is 135 Å². The van der Waals surface area contributed by atoms with Crippen LogP contribution >= 0.6 is 0 Å². The van der Waals surface area contributed by atoms with Crippen LogP contribution in [0.4, 0.5) is 14.7 Å². The molecule has 0 fully saturated rings. The van der Waals surface area contributed by atoms with Gasteiger partial charge in [0.15, 0.2) is 5.65 Å². The maximum absolute atomic E-state index is 13.8. The van der Waals surface area contributed by atoms with Crippen LogP contribution in [0.1, 0.15) is 12.0 Å². The van der Waals surface area contributed by atoms with E-state index in [4.69, 9.17) is 5.73 Å². The molecule has 0 atom stereocenters. The molecule has 0 unspecified atom stereocenters. The molecular formula is C15H16F2N6O. The van der Waals surface area contributed by atoms with Gasteiger partial charge in [-0.25, -0.2) is 18.6 Å². The van der Waals surface area contributed by atoms with Crippen LogP contribution in [0.25, 0.3) is 11.2 Å². The summed E-state index contributed by atoms with van der Waals surface area (Å²) < 4.78 is 28.8. The van der Waals surface area contributed by atoms with E-state index < -0.39 is 17.3 Å². The molecule has 0 aliphatic heterocycles. The molecule has 4 N–H and O–H groups in total. The van der Waals surface area contributed by atoms with Crippen molar-refractivity contribution in [3.63, 3.8) is 0 Å².